The van der Waals surface area contributed by atoms with Crippen LogP contribution in [-0.2, 0) is 9.47 Å². The molecule has 0 aliphatic carbocycles. The molecular weight excluding hydrogens is 304 g/mol. The number of unbranched alkanes of at least 4 members (excludes halogenated alkanes) is 1. The Kier molecular flexibility index (Phi) is 7.39. The van der Waals surface area contributed by atoms with Gasteiger partial charge in [0.15, 0.2) is 0 Å². The van der Waals surface area contributed by atoms with Crippen LogP contribution in [0.2, 0.25) is 5.02 Å². The molecule has 0 aliphatic rings. The minimum Gasteiger partial charge on any atom is -0.462 e. The van der Waals surface area contributed by atoms with Gasteiger partial charge in [-0.05, 0) is 37.0 Å². The van der Waals surface area contributed by atoms with Gasteiger partial charge in [0.05, 0.1) is 24.3 Å². The molecule has 0 bridgehead atoms. The molecule has 0 aliphatic heterocycles. The summed E-state index contributed by atoms with van der Waals surface area (Å²) in [5, 5.41) is 0.418. The van der Waals surface area contributed by atoms with Gasteiger partial charge in [-0.3, -0.25) is 0 Å². The van der Waals surface area contributed by atoms with Gasteiger partial charge in [0.1, 0.15) is 0 Å². The molecule has 0 radical (unpaired) electrons. The zero-order chi connectivity index (χ0) is 16.7. The normalized spacial score (nSPS) is 10.6. The third-order valence-electron chi connectivity index (χ3n) is 3.02. The standard InChI is InChI=1S/C17H23ClO4/c1-5-6-7-21-16(19)13-8-12(4)15(18)9-14(13)17(20)22-10-11(2)3/h8-9,11H,5-7,10H2,1-4H3. The van der Waals surface area contributed by atoms with Crippen molar-refractivity contribution in [1.29, 1.82) is 0 Å². The molecule has 0 unspecified atom stereocenters. The van der Waals surface area contributed by atoms with Crippen molar-refractivity contribution < 1.29 is 19.1 Å². The van der Waals surface area contributed by atoms with Crippen molar-refractivity contribution in [2.75, 3.05) is 13.2 Å². The van der Waals surface area contributed by atoms with E-state index in [1.807, 2.05) is 20.8 Å². The zero-order valence-corrected chi connectivity index (χ0v) is 14.3. The highest BCUT2D eigenvalue weighted by atomic mass is 35.5. The summed E-state index contributed by atoms with van der Waals surface area (Å²) >= 11 is 6.06. The summed E-state index contributed by atoms with van der Waals surface area (Å²) in [6.07, 6.45) is 1.71. The first kappa shape index (κ1) is 18.5. The van der Waals surface area contributed by atoms with E-state index in [4.69, 9.17) is 21.1 Å². The third-order valence-corrected chi connectivity index (χ3v) is 3.42. The van der Waals surface area contributed by atoms with Crippen molar-refractivity contribution in [3.63, 3.8) is 0 Å². The average molecular weight is 327 g/mol. The number of carbonyl (C=O) groups excluding carboxylic acids is 2. The van der Waals surface area contributed by atoms with Crippen molar-refractivity contribution in [2.45, 2.75) is 40.5 Å². The maximum atomic E-state index is 12.2. The Morgan fingerprint density at radius 2 is 1.73 bits per heavy atom. The summed E-state index contributed by atoms with van der Waals surface area (Å²) in [6.45, 7) is 8.28. The first-order valence-electron chi connectivity index (χ1n) is 7.51. The van der Waals surface area contributed by atoms with Crippen LogP contribution in [0, 0.1) is 12.8 Å². The Morgan fingerprint density at radius 3 is 2.32 bits per heavy atom. The topological polar surface area (TPSA) is 52.6 Å². The molecule has 4 nitrogen and oxygen atoms in total. The van der Waals surface area contributed by atoms with Gasteiger partial charge >= 0.3 is 11.9 Å². The number of benzene rings is 1. The van der Waals surface area contributed by atoms with Crippen LogP contribution in [0.25, 0.3) is 0 Å². The number of rotatable bonds is 7. The van der Waals surface area contributed by atoms with Gasteiger partial charge in [-0.25, -0.2) is 9.59 Å². The van der Waals surface area contributed by atoms with Gasteiger partial charge in [0.25, 0.3) is 0 Å². The van der Waals surface area contributed by atoms with Crippen molar-refractivity contribution in [2.24, 2.45) is 5.92 Å². The number of aryl methyl sites for hydroxylation is 1. The molecule has 0 spiro atoms. The second kappa shape index (κ2) is 8.79. The van der Waals surface area contributed by atoms with Crippen LogP contribution in [0.3, 0.4) is 0 Å². The van der Waals surface area contributed by atoms with Crippen molar-refractivity contribution in [1.82, 2.24) is 0 Å². The lowest BCUT2D eigenvalue weighted by molar-refractivity contribution is 0.0428. The maximum absolute atomic E-state index is 12.2. The monoisotopic (exact) mass is 326 g/mol. The highest BCUT2D eigenvalue weighted by molar-refractivity contribution is 6.32. The number of hydrogen-bond acceptors (Lipinski definition) is 4. The Hall–Kier alpha value is -1.55. The fourth-order valence-corrected chi connectivity index (χ4v) is 1.89. The van der Waals surface area contributed by atoms with E-state index in [1.54, 1.807) is 13.0 Å². The Balaban J connectivity index is 3.01. The second-order valence-corrected chi connectivity index (χ2v) is 6.04. The number of hydrogen-bond donors (Lipinski definition) is 0. The molecule has 0 aromatic heterocycles. The highest BCUT2D eigenvalue weighted by Crippen LogP contribution is 2.23. The molecule has 0 saturated heterocycles. The number of carbonyl (C=O) groups is 2. The van der Waals surface area contributed by atoms with E-state index >= 15 is 0 Å². The van der Waals surface area contributed by atoms with Crippen LogP contribution < -0.4 is 0 Å². The fourth-order valence-electron chi connectivity index (χ4n) is 1.73. The predicted octanol–water partition coefficient (Wildman–Crippen LogP) is 4.42. The van der Waals surface area contributed by atoms with E-state index in [9.17, 15) is 9.59 Å². The second-order valence-electron chi connectivity index (χ2n) is 5.63. The van der Waals surface area contributed by atoms with Gasteiger partial charge in [0.2, 0.25) is 0 Å². The summed E-state index contributed by atoms with van der Waals surface area (Å²) in [6, 6.07) is 3.04. The van der Waals surface area contributed by atoms with Crippen LogP contribution in [0.1, 0.15) is 59.9 Å². The van der Waals surface area contributed by atoms with Crippen molar-refractivity contribution in [3.05, 3.63) is 33.8 Å². The summed E-state index contributed by atoms with van der Waals surface area (Å²) in [4.78, 5) is 24.4. The highest BCUT2D eigenvalue weighted by Gasteiger charge is 2.21. The minimum absolute atomic E-state index is 0.151. The lowest BCUT2D eigenvalue weighted by Gasteiger charge is -2.12. The number of esters is 2. The summed E-state index contributed by atoms with van der Waals surface area (Å²) < 4.78 is 10.4. The minimum atomic E-state index is -0.557. The Bertz CT molecular complexity index is 538. The van der Waals surface area contributed by atoms with Crippen LogP contribution >= 0.6 is 11.6 Å². The smallest absolute Gasteiger partial charge is 0.339 e. The molecule has 122 valence electrons. The van der Waals surface area contributed by atoms with E-state index in [0.29, 0.717) is 17.2 Å². The maximum Gasteiger partial charge on any atom is 0.339 e. The third kappa shape index (κ3) is 5.34. The molecule has 1 rings (SSSR count). The number of ether oxygens (including phenoxy) is 2. The van der Waals surface area contributed by atoms with Crippen molar-refractivity contribution in [3.8, 4) is 0 Å². The molecule has 1 aromatic carbocycles. The lowest BCUT2D eigenvalue weighted by atomic mass is 10.0. The lowest BCUT2D eigenvalue weighted by Crippen LogP contribution is -2.16. The summed E-state index contributed by atoms with van der Waals surface area (Å²) in [5.41, 5.74) is 1.06. The average Bonchev–Trinajstić information content (AvgIpc) is 2.47. The first-order valence-corrected chi connectivity index (χ1v) is 7.89. The first-order chi connectivity index (χ1) is 10.4. The summed E-state index contributed by atoms with van der Waals surface area (Å²) in [5.74, 6) is -0.868. The molecule has 0 N–H and O–H groups in total. The molecule has 0 atom stereocenters. The quantitative estimate of drug-likeness (QED) is 0.550. The zero-order valence-electron chi connectivity index (χ0n) is 13.6. The molecule has 0 fully saturated rings. The molecule has 5 heteroatoms. The van der Waals surface area contributed by atoms with Gasteiger partial charge in [-0.15, -0.1) is 0 Å². The van der Waals surface area contributed by atoms with E-state index in [-0.39, 0.29) is 23.7 Å². The van der Waals surface area contributed by atoms with E-state index in [1.165, 1.54) is 6.07 Å². The number of halogens is 1. The van der Waals surface area contributed by atoms with E-state index in [0.717, 1.165) is 12.8 Å². The SMILES string of the molecule is CCCCOC(=O)c1cc(C)c(Cl)cc1C(=O)OCC(C)C. The Labute approximate surface area is 136 Å². The Morgan fingerprint density at radius 1 is 1.14 bits per heavy atom. The van der Waals surface area contributed by atoms with Gasteiger partial charge in [-0.1, -0.05) is 38.8 Å². The van der Waals surface area contributed by atoms with E-state index in [2.05, 4.69) is 0 Å². The van der Waals surface area contributed by atoms with Crippen molar-refractivity contribution >= 4 is 23.5 Å². The van der Waals surface area contributed by atoms with Gasteiger partial charge < -0.3 is 9.47 Å². The molecule has 0 amide bonds. The van der Waals surface area contributed by atoms with Gasteiger partial charge in [-0.2, -0.15) is 0 Å². The molecular formula is C17H23ClO4. The predicted molar refractivity (Wildman–Crippen MR) is 86.5 cm³/mol. The molecule has 0 heterocycles. The van der Waals surface area contributed by atoms with Crippen LogP contribution in [0.15, 0.2) is 12.1 Å². The molecule has 1 aromatic rings. The van der Waals surface area contributed by atoms with Crippen LogP contribution in [0.4, 0.5) is 0 Å². The largest absolute Gasteiger partial charge is 0.462 e. The van der Waals surface area contributed by atoms with Gasteiger partial charge in [0, 0.05) is 5.02 Å². The van der Waals surface area contributed by atoms with Crippen LogP contribution in [-0.4, -0.2) is 25.2 Å². The summed E-state index contributed by atoms with van der Waals surface area (Å²) in [7, 11) is 0. The van der Waals surface area contributed by atoms with Crippen LogP contribution in [0.5, 0.6) is 0 Å². The van der Waals surface area contributed by atoms with E-state index < -0.39 is 11.9 Å². The molecule has 22 heavy (non-hydrogen) atoms. The fraction of sp³-hybridized carbons (Fsp3) is 0.529. The molecule has 0 saturated carbocycles.